The number of nitrogens with two attached hydrogens (primary N) is 1. The second-order valence-corrected chi connectivity index (χ2v) is 8.50. The minimum Gasteiger partial charge on any atom is -0.495 e. The van der Waals surface area contributed by atoms with Crippen molar-refractivity contribution in [2.45, 2.75) is 18.0 Å². The molecule has 9 nitrogen and oxygen atoms in total. The summed E-state index contributed by atoms with van der Waals surface area (Å²) < 4.78 is 5.34. The number of rotatable bonds is 4. The lowest BCUT2D eigenvalue weighted by Gasteiger charge is -2.29. The number of primary amides is 1. The van der Waals surface area contributed by atoms with Gasteiger partial charge < -0.3 is 15.8 Å². The van der Waals surface area contributed by atoms with Crippen LogP contribution in [0.25, 0.3) is 0 Å². The number of nitrogens with zero attached hydrogens (tertiary/aromatic N) is 1. The standard InChI is InChI=1S/C22H19ClN4O5/c1-32-15-7-6-10(23)8-14(15)27-19(29)17-13(9-16(24)28)26-22(18(17)20(27)30)11-4-2-3-5-12(11)25-21(22)31/h2-8,13,17-18,26H,9H2,1H3,(H2,24,28)(H,25,31). The van der Waals surface area contributed by atoms with Gasteiger partial charge >= 0.3 is 0 Å². The molecule has 2 aromatic carbocycles. The zero-order chi connectivity index (χ0) is 22.8. The van der Waals surface area contributed by atoms with Crippen molar-refractivity contribution in [1.29, 1.82) is 0 Å². The quantitative estimate of drug-likeness (QED) is 0.594. The highest BCUT2D eigenvalue weighted by molar-refractivity contribution is 6.32. The molecule has 0 radical (unpaired) electrons. The number of carbonyl (C=O) groups is 4. The Hall–Kier alpha value is -3.43. The second kappa shape index (κ2) is 7.04. The Labute approximate surface area is 187 Å². The molecule has 0 aromatic heterocycles. The predicted molar refractivity (Wildman–Crippen MR) is 115 cm³/mol. The molecular formula is C22H19ClN4O5. The summed E-state index contributed by atoms with van der Waals surface area (Å²) >= 11 is 6.13. The number of hydrogen-bond acceptors (Lipinski definition) is 6. The van der Waals surface area contributed by atoms with E-state index >= 15 is 0 Å². The lowest BCUT2D eigenvalue weighted by molar-refractivity contribution is -0.130. The second-order valence-electron chi connectivity index (χ2n) is 8.06. The molecule has 4 N–H and O–H groups in total. The number of methoxy groups -OCH3 is 1. The van der Waals surface area contributed by atoms with Crippen LogP contribution in [0, 0.1) is 11.8 Å². The molecular weight excluding hydrogens is 436 g/mol. The van der Waals surface area contributed by atoms with E-state index < -0.39 is 47.0 Å². The zero-order valence-electron chi connectivity index (χ0n) is 16.9. The first-order chi connectivity index (χ1) is 15.3. The molecule has 0 aliphatic carbocycles. The van der Waals surface area contributed by atoms with E-state index in [-0.39, 0.29) is 17.9 Å². The van der Waals surface area contributed by atoms with Gasteiger partial charge in [0.25, 0.3) is 0 Å². The summed E-state index contributed by atoms with van der Waals surface area (Å²) in [5, 5.41) is 6.24. The summed E-state index contributed by atoms with van der Waals surface area (Å²) in [7, 11) is 1.41. The number of anilines is 2. The fourth-order valence-electron chi connectivity index (χ4n) is 5.23. The smallest absolute Gasteiger partial charge is 0.250 e. The van der Waals surface area contributed by atoms with Crippen LogP contribution in [-0.4, -0.2) is 36.8 Å². The van der Waals surface area contributed by atoms with Crippen LogP contribution in [-0.2, 0) is 24.7 Å². The highest BCUT2D eigenvalue weighted by Gasteiger charge is 2.70. The van der Waals surface area contributed by atoms with Gasteiger partial charge in [0.15, 0.2) is 0 Å². The van der Waals surface area contributed by atoms with E-state index in [1.165, 1.54) is 13.2 Å². The first-order valence-corrected chi connectivity index (χ1v) is 10.4. The van der Waals surface area contributed by atoms with Gasteiger partial charge in [-0.1, -0.05) is 29.8 Å². The molecule has 2 fully saturated rings. The molecule has 5 rings (SSSR count). The molecule has 3 aliphatic rings. The van der Waals surface area contributed by atoms with Gasteiger partial charge in [-0.2, -0.15) is 0 Å². The zero-order valence-corrected chi connectivity index (χ0v) is 17.7. The van der Waals surface area contributed by atoms with Crippen LogP contribution in [0.5, 0.6) is 5.75 Å². The van der Waals surface area contributed by atoms with Crippen LogP contribution in [0.1, 0.15) is 12.0 Å². The van der Waals surface area contributed by atoms with Crippen LogP contribution < -0.4 is 26.0 Å². The number of para-hydroxylation sites is 1. The fourth-order valence-corrected chi connectivity index (χ4v) is 5.39. The monoisotopic (exact) mass is 454 g/mol. The van der Waals surface area contributed by atoms with Gasteiger partial charge in [-0.3, -0.25) is 24.5 Å². The molecule has 1 spiro atoms. The minimum absolute atomic E-state index is 0.184. The highest BCUT2D eigenvalue weighted by atomic mass is 35.5. The Balaban J connectivity index is 1.69. The Morgan fingerprint density at radius 2 is 1.94 bits per heavy atom. The number of carbonyl (C=O) groups excluding carboxylic acids is 4. The van der Waals surface area contributed by atoms with E-state index in [0.717, 1.165) is 4.90 Å². The summed E-state index contributed by atoms with van der Waals surface area (Å²) in [6, 6.07) is 10.7. The molecule has 0 bridgehead atoms. The molecule has 10 heteroatoms. The number of halogens is 1. The summed E-state index contributed by atoms with van der Waals surface area (Å²) in [6.45, 7) is 0. The average molecular weight is 455 g/mol. The van der Waals surface area contributed by atoms with Crippen molar-refractivity contribution in [2.75, 3.05) is 17.3 Å². The molecule has 3 aliphatic heterocycles. The number of imide groups is 1. The SMILES string of the molecule is COc1ccc(Cl)cc1N1C(=O)C2C(CC(N)=O)NC3(C(=O)Nc4ccccc43)C2C1=O. The molecule has 0 saturated carbocycles. The minimum atomic E-state index is -1.51. The van der Waals surface area contributed by atoms with Crippen molar-refractivity contribution in [1.82, 2.24) is 5.32 Å². The van der Waals surface area contributed by atoms with Gasteiger partial charge in [0.2, 0.25) is 23.6 Å². The van der Waals surface area contributed by atoms with E-state index in [1.54, 1.807) is 36.4 Å². The van der Waals surface area contributed by atoms with Gasteiger partial charge in [-0.05, 0) is 24.3 Å². The van der Waals surface area contributed by atoms with E-state index in [0.29, 0.717) is 16.3 Å². The van der Waals surface area contributed by atoms with Gasteiger partial charge in [0, 0.05) is 28.7 Å². The van der Waals surface area contributed by atoms with Crippen molar-refractivity contribution in [2.24, 2.45) is 17.6 Å². The van der Waals surface area contributed by atoms with E-state index in [4.69, 9.17) is 22.1 Å². The normalized spacial score (nSPS) is 28.1. The number of nitrogens with one attached hydrogen (secondary N) is 2. The van der Waals surface area contributed by atoms with Crippen molar-refractivity contribution < 1.29 is 23.9 Å². The maximum Gasteiger partial charge on any atom is 0.250 e. The summed E-state index contributed by atoms with van der Waals surface area (Å²) in [5.74, 6) is -4.01. The molecule has 4 unspecified atom stereocenters. The van der Waals surface area contributed by atoms with Gasteiger partial charge in [-0.15, -0.1) is 0 Å². The molecule has 2 aromatic rings. The van der Waals surface area contributed by atoms with Crippen molar-refractivity contribution in [3.63, 3.8) is 0 Å². The van der Waals surface area contributed by atoms with Gasteiger partial charge in [0.1, 0.15) is 11.3 Å². The van der Waals surface area contributed by atoms with Crippen LogP contribution in [0.2, 0.25) is 5.02 Å². The largest absolute Gasteiger partial charge is 0.495 e. The summed E-state index contributed by atoms with van der Waals surface area (Å²) in [5.41, 5.74) is 5.21. The summed E-state index contributed by atoms with van der Waals surface area (Å²) in [4.78, 5) is 53.5. The van der Waals surface area contributed by atoms with Gasteiger partial charge in [-0.25, -0.2) is 4.90 Å². The van der Waals surface area contributed by atoms with Crippen molar-refractivity contribution >= 4 is 46.6 Å². The molecule has 2 saturated heterocycles. The summed E-state index contributed by atoms with van der Waals surface area (Å²) in [6.07, 6.45) is -0.210. The van der Waals surface area contributed by atoms with E-state index in [2.05, 4.69) is 10.6 Å². The lowest BCUT2D eigenvalue weighted by Crippen LogP contribution is -2.53. The Bertz CT molecular complexity index is 1200. The fraction of sp³-hybridized carbons (Fsp3) is 0.273. The third-order valence-electron chi connectivity index (χ3n) is 6.43. The number of benzene rings is 2. The number of fused-ring (bicyclic) bond motifs is 4. The van der Waals surface area contributed by atoms with Crippen LogP contribution in [0.15, 0.2) is 42.5 Å². The number of ether oxygens (including phenoxy) is 1. The molecule has 3 heterocycles. The first kappa shape index (κ1) is 20.5. The maximum atomic E-state index is 13.8. The molecule has 164 valence electrons. The first-order valence-electron chi connectivity index (χ1n) is 9.98. The maximum absolute atomic E-state index is 13.8. The van der Waals surface area contributed by atoms with E-state index in [9.17, 15) is 19.2 Å². The van der Waals surface area contributed by atoms with Crippen LogP contribution in [0.4, 0.5) is 11.4 Å². The third-order valence-corrected chi connectivity index (χ3v) is 6.66. The highest BCUT2D eigenvalue weighted by Crippen LogP contribution is 2.54. The number of hydrogen-bond donors (Lipinski definition) is 3. The van der Waals surface area contributed by atoms with Crippen molar-refractivity contribution in [3.8, 4) is 5.75 Å². The van der Waals surface area contributed by atoms with Crippen LogP contribution in [0.3, 0.4) is 0 Å². The number of amides is 4. The Morgan fingerprint density at radius 3 is 2.66 bits per heavy atom. The Kier molecular flexibility index (Phi) is 4.51. The van der Waals surface area contributed by atoms with Crippen molar-refractivity contribution in [3.05, 3.63) is 53.1 Å². The predicted octanol–water partition coefficient (Wildman–Crippen LogP) is 1.15. The molecule has 32 heavy (non-hydrogen) atoms. The van der Waals surface area contributed by atoms with Crippen LogP contribution >= 0.6 is 11.6 Å². The molecule has 4 amide bonds. The molecule has 4 atom stereocenters. The topological polar surface area (TPSA) is 131 Å². The lowest BCUT2D eigenvalue weighted by atomic mass is 9.76. The Morgan fingerprint density at radius 1 is 1.19 bits per heavy atom. The van der Waals surface area contributed by atoms with E-state index in [1.807, 2.05) is 0 Å². The van der Waals surface area contributed by atoms with Gasteiger partial charge in [0.05, 0.1) is 24.6 Å². The third kappa shape index (κ3) is 2.61. The average Bonchev–Trinajstić information content (AvgIpc) is 3.32.